The number of carbonyl (C=O) groups excluding carboxylic acids is 1. The van der Waals surface area contributed by atoms with Crippen molar-refractivity contribution in [2.24, 2.45) is 0 Å². The summed E-state index contributed by atoms with van der Waals surface area (Å²) in [6.07, 6.45) is 7.51. The molecule has 0 bridgehead atoms. The van der Waals surface area contributed by atoms with Crippen LogP contribution in [0, 0.1) is 5.82 Å². The second kappa shape index (κ2) is 10.6. The molecule has 4 rings (SSSR count). The second-order valence-corrected chi connectivity index (χ2v) is 10.8. The predicted octanol–water partition coefficient (Wildman–Crippen LogP) is 5.05. The predicted molar refractivity (Wildman–Crippen MR) is 138 cm³/mol. The van der Waals surface area contributed by atoms with Crippen molar-refractivity contribution in [3.63, 3.8) is 0 Å². The fraction of sp³-hybridized carbons (Fsp3) is 0.296. The van der Waals surface area contributed by atoms with Crippen LogP contribution in [0.5, 0.6) is 0 Å². The molecule has 7 nitrogen and oxygen atoms in total. The molecule has 1 atom stereocenters. The number of rotatable bonds is 8. The van der Waals surface area contributed by atoms with Crippen LogP contribution in [-0.2, 0) is 14.6 Å². The summed E-state index contributed by atoms with van der Waals surface area (Å²) in [6, 6.07) is 10.4. The summed E-state index contributed by atoms with van der Waals surface area (Å²) in [7, 11) is -3.47. The SMILES string of the molecule is CCC1=Cc2c(cnn2-c2ccc(F)cc2)C(C(=O)NC(CC)c2cccc(S(=O)(=O)CC)n2)=CC1. The Morgan fingerprint density at radius 1 is 1.14 bits per heavy atom. The largest absolute Gasteiger partial charge is 0.344 e. The van der Waals surface area contributed by atoms with Gasteiger partial charge in [0.15, 0.2) is 14.9 Å². The zero-order valence-electron chi connectivity index (χ0n) is 20.5. The lowest BCUT2D eigenvalue weighted by Crippen LogP contribution is -2.30. The number of allylic oxidation sites excluding steroid dienone is 2. The van der Waals surface area contributed by atoms with Gasteiger partial charge in [0.25, 0.3) is 5.91 Å². The zero-order chi connectivity index (χ0) is 25.9. The van der Waals surface area contributed by atoms with Gasteiger partial charge in [-0.05, 0) is 61.7 Å². The molecule has 9 heteroatoms. The smallest absolute Gasteiger partial charge is 0.252 e. The molecule has 0 saturated heterocycles. The van der Waals surface area contributed by atoms with Gasteiger partial charge in [-0.1, -0.05) is 38.5 Å². The van der Waals surface area contributed by atoms with Crippen molar-refractivity contribution < 1.29 is 17.6 Å². The highest BCUT2D eigenvalue weighted by Gasteiger charge is 2.25. The van der Waals surface area contributed by atoms with E-state index in [9.17, 15) is 17.6 Å². The number of halogens is 1. The molecule has 1 aliphatic rings. The molecule has 0 aliphatic heterocycles. The van der Waals surface area contributed by atoms with Gasteiger partial charge in [-0.2, -0.15) is 5.10 Å². The first-order valence-electron chi connectivity index (χ1n) is 12.0. The summed E-state index contributed by atoms with van der Waals surface area (Å²) in [5, 5.41) is 7.53. The Kier molecular flexibility index (Phi) is 7.49. The molecule has 3 aromatic rings. The fourth-order valence-electron chi connectivity index (χ4n) is 4.12. The number of hydrogen-bond donors (Lipinski definition) is 1. The van der Waals surface area contributed by atoms with Crippen molar-refractivity contribution in [2.45, 2.75) is 51.1 Å². The Hall–Kier alpha value is -3.59. The van der Waals surface area contributed by atoms with Crippen molar-refractivity contribution in [2.75, 3.05) is 5.75 Å². The number of aromatic nitrogens is 3. The van der Waals surface area contributed by atoms with E-state index >= 15 is 0 Å². The minimum absolute atomic E-state index is 0.00327. The van der Waals surface area contributed by atoms with E-state index < -0.39 is 15.9 Å². The first kappa shape index (κ1) is 25.5. The summed E-state index contributed by atoms with van der Waals surface area (Å²) < 4.78 is 39.8. The molecule has 1 amide bonds. The third-order valence-corrected chi connectivity index (χ3v) is 7.91. The van der Waals surface area contributed by atoms with E-state index in [0.29, 0.717) is 35.4 Å². The number of pyridine rings is 1. The normalized spacial score (nSPS) is 14.3. The standard InChI is InChI=1S/C27H29FN4O3S/c1-4-18-10-15-21(22-17-29-32(25(22)16-18)20-13-11-19(28)12-14-20)27(33)31-23(5-2)24-8-7-9-26(30-24)36(34,35)6-3/h7-9,11-17,23H,4-6,10H2,1-3H3,(H,31,33). The van der Waals surface area contributed by atoms with Gasteiger partial charge in [0, 0.05) is 11.1 Å². The lowest BCUT2D eigenvalue weighted by atomic mass is 10.0. The lowest BCUT2D eigenvalue weighted by molar-refractivity contribution is -0.116. The molecule has 2 heterocycles. The zero-order valence-corrected chi connectivity index (χ0v) is 21.3. The number of nitrogens with one attached hydrogen (secondary N) is 1. The van der Waals surface area contributed by atoms with E-state index in [0.717, 1.165) is 17.7 Å². The van der Waals surface area contributed by atoms with Crippen LogP contribution in [-0.4, -0.2) is 34.8 Å². The van der Waals surface area contributed by atoms with Gasteiger partial charge >= 0.3 is 0 Å². The van der Waals surface area contributed by atoms with Gasteiger partial charge in [-0.3, -0.25) is 4.79 Å². The number of amides is 1. The number of sulfone groups is 1. The van der Waals surface area contributed by atoms with Crippen LogP contribution in [0.4, 0.5) is 4.39 Å². The number of carbonyl (C=O) groups is 1. The highest BCUT2D eigenvalue weighted by molar-refractivity contribution is 7.91. The van der Waals surface area contributed by atoms with Crippen LogP contribution in [0.2, 0.25) is 0 Å². The first-order chi connectivity index (χ1) is 17.3. The van der Waals surface area contributed by atoms with Gasteiger partial charge in [-0.25, -0.2) is 22.5 Å². The minimum Gasteiger partial charge on any atom is -0.344 e. The Morgan fingerprint density at radius 3 is 2.56 bits per heavy atom. The molecule has 0 fully saturated rings. The molecule has 0 radical (unpaired) electrons. The molecule has 0 spiro atoms. The van der Waals surface area contributed by atoms with Crippen LogP contribution < -0.4 is 5.32 Å². The molecule has 1 N–H and O–H groups in total. The summed E-state index contributed by atoms with van der Waals surface area (Å²) in [5.41, 5.74) is 4.22. The third kappa shape index (κ3) is 5.16. The number of benzene rings is 1. The second-order valence-electron chi connectivity index (χ2n) is 8.55. The number of fused-ring (bicyclic) bond motifs is 1. The van der Waals surface area contributed by atoms with Crippen molar-refractivity contribution in [3.8, 4) is 5.69 Å². The summed E-state index contributed by atoms with van der Waals surface area (Å²) in [4.78, 5) is 17.9. The van der Waals surface area contributed by atoms with E-state index in [2.05, 4.69) is 22.3 Å². The first-order valence-corrected chi connectivity index (χ1v) is 13.7. The maximum atomic E-state index is 13.5. The Bertz CT molecular complexity index is 1440. The molecule has 0 saturated carbocycles. The topological polar surface area (TPSA) is 94.0 Å². The molecule has 2 aromatic heterocycles. The molecule has 1 aliphatic carbocycles. The molecule has 188 valence electrons. The summed E-state index contributed by atoms with van der Waals surface area (Å²) in [6.45, 7) is 5.53. The van der Waals surface area contributed by atoms with Gasteiger partial charge < -0.3 is 5.32 Å². The van der Waals surface area contributed by atoms with Crippen LogP contribution in [0.25, 0.3) is 17.3 Å². The monoisotopic (exact) mass is 508 g/mol. The molecular weight excluding hydrogens is 479 g/mol. The van der Waals surface area contributed by atoms with E-state index in [1.165, 1.54) is 18.2 Å². The number of hydrogen-bond acceptors (Lipinski definition) is 5. The van der Waals surface area contributed by atoms with E-state index in [-0.39, 0.29) is 22.5 Å². The Balaban J connectivity index is 1.68. The van der Waals surface area contributed by atoms with Crippen LogP contribution in [0.3, 0.4) is 0 Å². The van der Waals surface area contributed by atoms with Crippen molar-refractivity contribution in [3.05, 3.63) is 83.1 Å². The number of nitrogens with zero attached hydrogens (tertiary/aromatic N) is 3. The third-order valence-electron chi connectivity index (χ3n) is 6.29. The van der Waals surface area contributed by atoms with Gasteiger partial charge in [0.2, 0.25) is 0 Å². The molecule has 1 aromatic carbocycles. The fourth-order valence-corrected chi connectivity index (χ4v) is 4.94. The van der Waals surface area contributed by atoms with Crippen molar-refractivity contribution in [1.29, 1.82) is 0 Å². The summed E-state index contributed by atoms with van der Waals surface area (Å²) in [5.74, 6) is -0.678. The van der Waals surface area contributed by atoms with Crippen LogP contribution in [0.1, 0.15) is 63.0 Å². The summed E-state index contributed by atoms with van der Waals surface area (Å²) >= 11 is 0. The van der Waals surface area contributed by atoms with Crippen molar-refractivity contribution >= 4 is 27.4 Å². The van der Waals surface area contributed by atoms with E-state index in [4.69, 9.17) is 0 Å². The maximum Gasteiger partial charge on any atom is 0.252 e. The van der Waals surface area contributed by atoms with Crippen LogP contribution in [0.15, 0.2) is 65.3 Å². The van der Waals surface area contributed by atoms with E-state index in [1.807, 2.05) is 19.1 Å². The minimum atomic E-state index is -3.47. The van der Waals surface area contributed by atoms with Gasteiger partial charge in [-0.15, -0.1) is 0 Å². The average molecular weight is 509 g/mol. The Morgan fingerprint density at radius 2 is 1.89 bits per heavy atom. The quantitative estimate of drug-likeness (QED) is 0.460. The average Bonchev–Trinajstić information content (AvgIpc) is 3.20. The molecule has 1 unspecified atom stereocenters. The Labute approximate surface area is 210 Å². The van der Waals surface area contributed by atoms with Gasteiger partial charge in [0.05, 0.1) is 35.1 Å². The highest BCUT2D eigenvalue weighted by atomic mass is 32.2. The van der Waals surface area contributed by atoms with Crippen LogP contribution >= 0.6 is 0 Å². The lowest BCUT2D eigenvalue weighted by Gasteiger charge is -2.18. The van der Waals surface area contributed by atoms with Crippen molar-refractivity contribution in [1.82, 2.24) is 20.1 Å². The van der Waals surface area contributed by atoms with E-state index in [1.54, 1.807) is 42.1 Å². The van der Waals surface area contributed by atoms with Gasteiger partial charge in [0.1, 0.15) is 5.82 Å². The highest BCUT2D eigenvalue weighted by Crippen LogP contribution is 2.31. The maximum absolute atomic E-state index is 13.5. The molecular formula is C27H29FN4O3S. The molecule has 36 heavy (non-hydrogen) atoms.